The van der Waals surface area contributed by atoms with E-state index in [2.05, 4.69) is 25.9 Å². The van der Waals surface area contributed by atoms with E-state index < -0.39 is 72.2 Å². The lowest BCUT2D eigenvalue weighted by atomic mass is 9.85. The van der Waals surface area contributed by atoms with E-state index in [0.29, 0.717) is 28.5 Å². The van der Waals surface area contributed by atoms with E-state index in [9.17, 15) is 29.4 Å². The molecule has 3 aliphatic heterocycles. The van der Waals surface area contributed by atoms with Crippen molar-refractivity contribution >= 4 is 51.8 Å². The number of amides is 1. The van der Waals surface area contributed by atoms with Crippen LogP contribution in [0.3, 0.4) is 0 Å². The maximum absolute atomic E-state index is 14.3. The maximum Gasteiger partial charge on any atom is 0.355 e. The molecule has 18 nitrogen and oxygen atoms in total. The van der Waals surface area contributed by atoms with Crippen LogP contribution >= 0.6 is 12.2 Å². The van der Waals surface area contributed by atoms with Crippen LogP contribution in [0.1, 0.15) is 56.5 Å². The molecule has 336 valence electrons. The summed E-state index contributed by atoms with van der Waals surface area (Å²) in [5, 5.41) is 30.8. The highest BCUT2D eigenvalue weighted by Gasteiger charge is 2.52. The van der Waals surface area contributed by atoms with Gasteiger partial charge in [-0.25, -0.2) is 19.6 Å². The number of aromatic amines is 1. The number of nitrogens with zero attached hydrogens (tertiary/aromatic N) is 3. The summed E-state index contributed by atoms with van der Waals surface area (Å²) in [4.78, 5) is 68.4. The van der Waals surface area contributed by atoms with E-state index in [1.54, 1.807) is 68.8 Å². The molecule has 5 aromatic rings. The summed E-state index contributed by atoms with van der Waals surface area (Å²) < 4.78 is 30.1. The number of ether oxygens (including phenoxy) is 5. The highest BCUT2D eigenvalue weighted by atomic mass is 32.1. The van der Waals surface area contributed by atoms with Crippen LogP contribution in [0.2, 0.25) is 0 Å². The van der Waals surface area contributed by atoms with Crippen molar-refractivity contribution in [1.29, 1.82) is 0 Å². The van der Waals surface area contributed by atoms with Crippen LogP contribution in [0.25, 0.3) is 22.3 Å². The number of methoxy groups -OCH3 is 1. The molecule has 1 saturated heterocycles. The molecule has 0 aliphatic carbocycles. The second kappa shape index (κ2) is 18.1. The number of para-hydroxylation sites is 1. The summed E-state index contributed by atoms with van der Waals surface area (Å²) in [6.45, 7) is 6.74. The molecular formula is C45H49N7O11S. The van der Waals surface area contributed by atoms with E-state index in [4.69, 9.17) is 40.9 Å². The Labute approximate surface area is 372 Å². The van der Waals surface area contributed by atoms with Crippen molar-refractivity contribution in [2.24, 2.45) is 5.92 Å². The predicted octanol–water partition coefficient (Wildman–Crippen LogP) is 2.95. The van der Waals surface area contributed by atoms with Crippen molar-refractivity contribution in [3.8, 4) is 17.1 Å². The van der Waals surface area contributed by atoms with Gasteiger partial charge in [-0.1, -0.05) is 39.0 Å². The second-order valence-electron chi connectivity index (χ2n) is 16.4. The molecular weight excluding hydrogens is 847 g/mol. The van der Waals surface area contributed by atoms with Gasteiger partial charge in [0.2, 0.25) is 17.8 Å². The first kappa shape index (κ1) is 44.4. The Kier molecular flexibility index (Phi) is 12.5. The minimum atomic E-state index is -1.99. The Hall–Kier alpha value is -6.25. The highest BCUT2D eigenvalue weighted by molar-refractivity contribution is 7.80. The Morgan fingerprint density at radius 3 is 2.55 bits per heavy atom. The molecule has 0 saturated carbocycles. The number of hydrogen-bond donors (Lipinski definition) is 6. The average molecular weight is 896 g/mol. The van der Waals surface area contributed by atoms with Crippen molar-refractivity contribution in [2.75, 3.05) is 12.4 Å². The molecule has 0 radical (unpaired) electrons. The second-order valence-corrected chi connectivity index (χ2v) is 16.8. The van der Waals surface area contributed by atoms with Gasteiger partial charge in [-0.3, -0.25) is 9.59 Å². The Bertz CT molecular complexity index is 2640. The minimum Gasteiger partial charge on any atom is -0.462 e. The van der Waals surface area contributed by atoms with Gasteiger partial charge in [0.05, 0.1) is 41.4 Å². The van der Waals surface area contributed by atoms with Crippen LogP contribution in [0, 0.1) is 5.92 Å². The van der Waals surface area contributed by atoms with Gasteiger partial charge in [-0.05, 0) is 73.9 Å². The number of fused-ring (bicyclic) bond motifs is 5. The smallest absolute Gasteiger partial charge is 0.355 e. The highest BCUT2D eigenvalue weighted by Crippen LogP contribution is 2.41. The van der Waals surface area contributed by atoms with Crippen LogP contribution in [-0.4, -0.2) is 103 Å². The summed E-state index contributed by atoms with van der Waals surface area (Å²) in [6, 6.07) is 15.6. The first-order valence-corrected chi connectivity index (χ1v) is 21.3. The van der Waals surface area contributed by atoms with Gasteiger partial charge in [0.15, 0.2) is 5.11 Å². The summed E-state index contributed by atoms with van der Waals surface area (Å²) in [6.07, 6.45) is -1.89. The van der Waals surface area contributed by atoms with Crippen molar-refractivity contribution in [3.63, 3.8) is 0 Å². The van der Waals surface area contributed by atoms with E-state index in [1.807, 2.05) is 30.3 Å². The number of carbonyl (C=O) groups excluding carboxylic acids is 3. The molecule has 1 fully saturated rings. The normalized spacial score (nSPS) is 23.2. The number of esters is 2. The number of benzene rings is 2. The largest absolute Gasteiger partial charge is 0.462 e. The average Bonchev–Trinajstić information content (AvgIpc) is 3.93. The van der Waals surface area contributed by atoms with E-state index in [-0.39, 0.29) is 47.8 Å². The molecule has 0 bridgehead atoms. The summed E-state index contributed by atoms with van der Waals surface area (Å²) in [5.41, 5.74) is 1.84. The fourth-order valence-corrected chi connectivity index (χ4v) is 8.60. The number of imidazole rings is 1. The third-order valence-corrected chi connectivity index (χ3v) is 12.1. The van der Waals surface area contributed by atoms with Crippen LogP contribution in [0.4, 0.5) is 5.69 Å². The first-order chi connectivity index (χ1) is 30.7. The molecule has 8 atom stereocenters. The molecule has 2 aromatic carbocycles. The number of rotatable bonds is 13. The quantitative estimate of drug-likeness (QED) is 0.0722. The molecule has 6 heterocycles. The van der Waals surface area contributed by atoms with Gasteiger partial charge in [-0.2, -0.15) is 0 Å². The molecule has 3 aliphatic rings. The molecule has 0 spiro atoms. The number of anilines is 1. The molecule has 1 unspecified atom stereocenters. The molecule has 1 amide bonds. The lowest BCUT2D eigenvalue weighted by Gasteiger charge is -2.40. The zero-order valence-corrected chi connectivity index (χ0v) is 36.5. The van der Waals surface area contributed by atoms with Gasteiger partial charge < -0.3 is 59.4 Å². The number of hydrogen-bond acceptors (Lipinski definition) is 14. The molecule has 8 rings (SSSR count). The Morgan fingerprint density at radius 2 is 1.84 bits per heavy atom. The van der Waals surface area contributed by atoms with Crippen molar-refractivity contribution in [3.05, 3.63) is 106 Å². The molecule has 64 heavy (non-hydrogen) atoms. The van der Waals surface area contributed by atoms with Crippen LogP contribution in [-0.2, 0) is 58.5 Å². The Morgan fingerprint density at radius 1 is 1.08 bits per heavy atom. The number of aromatic nitrogens is 4. The molecule has 3 aromatic heterocycles. The SMILES string of the molecule is CC[C@@]1(OC(=O)[C@@H](NC(=O)[C@H](Cc2cnc[nH]2)NC(=S)Nc2ccc(OC3O[C@@H](C)[C@@H](O)[C@@H](OC)[C@@H]3O)cc2)C(C)C)C(=O)OCc2c1cc1n(c2=O)Cc2cc3ccccc3nc2-1. The number of nitrogens with one attached hydrogen (secondary N) is 4. The topological polar surface area (TPSA) is 237 Å². The predicted molar refractivity (Wildman–Crippen MR) is 235 cm³/mol. The minimum absolute atomic E-state index is 0.0603. The van der Waals surface area contributed by atoms with Crippen LogP contribution in [0.5, 0.6) is 5.75 Å². The Balaban J connectivity index is 0.986. The number of cyclic esters (lactones) is 1. The number of pyridine rings is 2. The van der Waals surface area contributed by atoms with Crippen molar-refractivity contribution < 1.29 is 48.3 Å². The van der Waals surface area contributed by atoms with Crippen molar-refractivity contribution in [2.45, 2.75) is 102 Å². The first-order valence-electron chi connectivity index (χ1n) is 20.9. The lowest BCUT2D eigenvalue weighted by molar-refractivity contribution is -0.272. The monoisotopic (exact) mass is 895 g/mol. The van der Waals surface area contributed by atoms with Crippen LogP contribution in [0.15, 0.2) is 78.0 Å². The molecule has 6 N–H and O–H groups in total. The maximum atomic E-state index is 14.3. The summed E-state index contributed by atoms with van der Waals surface area (Å²) in [7, 11) is 1.38. The zero-order valence-electron chi connectivity index (χ0n) is 35.7. The van der Waals surface area contributed by atoms with Crippen molar-refractivity contribution in [1.82, 2.24) is 30.2 Å². The van der Waals surface area contributed by atoms with Gasteiger partial charge in [0.25, 0.3) is 5.56 Å². The summed E-state index contributed by atoms with van der Waals surface area (Å²) in [5.74, 6) is -2.51. The third-order valence-electron chi connectivity index (χ3n) is 11.9. The number of aliphatic hydroxyl groups excluding tert-OH is 2. The summed E-state index contributed by atoms with van der Waals surface area (Å²) >= 11 is 5.63. The molecule has 19 heteroatoms. The standard InChI is InChI=1S/C45H49N7O11S/c1-6-45(30-17-33-35-25(15-24-9-7-8-10-31(24)49-35)19-52(33)40(56)29(30)20-60-43(45)58)63-41(57)34(22(2)3)51-39(55)32(16-27-18-46-21-47-27)50-44(64)48-26-11-13-28(14-12-26)62-42-37(54)38(59-5)36(53)23(4)61-42/h7-15,17-18,21-23,32,34,36-38,42,53-54H,6,16,19-20H2,1-5H3,(H,46,47)(H,51,55)(H2,48,50,64)/t23-,32-,34-,36+,37-,38+,42?,45-/m0/s1. The van der Waals surface area contributed by atoms with Gasteiger partial charge in [0.1, 0.15) is 42.8 Å². The van der Waals surface area contributed by atoms with Gasteiger partial charge in [-0.15, -0.1) is 0 Å². The fourth-order valence-electron chi connectivity index (χ4n) is 8.34. The zero-order chi connectivity index (χ0) is 45.4. The van der Waals surface area contributed by atoms with E-state index in [0.717, 1.165) is 16.5 Å². The van der Waals surface area contributed by atoms with Gasteiger partial charge >= 0.3 is 11.9 Å². The lowest BCUT2D eigenvalue weighted by Crippen LogP contribution is -2.59. The fraction of sp³-hybridized carbons (Fsp3) is 0.400. The number of H-pyrrole nitrogens is 1. The van der Waals surface area contributed by atoms with E-state index in [1.165, 1.54) is 13.4 Å². The van der Waals surface area contributed by atoms with Crippen LogP contribution < -0.4 is 26.2 Å². The van der Waals surface area contributed by atoms with Gasteiger partial charge in [0, 0.05) is 47.6 Å². The van der Waals surface area contributed by atoms with E-state index >= 15 is 0 Å². The number of thiocarbonyl (C=S) groups is 1. The third kappa shape index (κ3) is 8.44. The number of aliphatic hydroxyl groups is 2. The number of carbonyl (C=O) groups is 3.